The lowest BCUT2D eigenvalue weighted by atomic mass is 9.96. The summed E-state index contributed by atoms with van der Waals surface area (Å²) in [5, 5.41) is 3.68. The van der Waals surface area contributed by atoms with E-state index in [2.05, 4.69) is 25.2 Å². The van der Waals surface area contributed by atoms with Gasteiger partial charge in [0.2, 0.25) is 5.91 Å². The number of H-pyrrole nitrogens is 1. The van der Waals surface area contributed by atoms with Gasteiger partial charge in [-0.1, -0.05) is 11.3 Å². The van der Waals surface area contributed by atoms with Crippen molar-refractivity contribution < 1.29 is 4.79 Å². The van der Waals surface area contributed by atoms with Gasteiger partial charge in [-0.3, -0.25) is 9.59 Å². The van der Waals surface area contributed by atoms with Gasteiger partial charge in [-0.05, 0) is 19.8 Å². The molecule has 0 aliphatic carbocycles. The van der Waals surface area contributed by atoms with Gasteiger partial charge in [0.1, 0.15) is 4.70 Å². The summed E-state index contributed by atoms with van der Waals surface area (Å²) in [7, 11) is 0. The van der Waals surface area contributed by atoms with Crippen molar-refractivity contribution in [3.8, 4) is 0 Å². The second-order valence-electron chi connectivity index (χ2n) is 5.04. The van der Waals surface area contributed by atoms with Crippen LogP contribution in [0.25, 0.3) is 10.3 Å². The van der Waals surface area contributed by atoms with Crippen molar-refractivity contribution in [3.63, 3.8) is 0 Å². The number of aromatic amines is 1. The number of anilines is 1. The maximum Gasteiger partial charge on any atom is 0.270 e. The van der Waals surface area contributed by atoms with E-state index in [0.29, 0.717) is 16.9 Å². The third-order valence-electron chi connectivity index (χ3n) is 3.67. The van der Waals surface area contributed by atoms with Crippen LogP contribution in [0.4, 0.5) is 5.13 Å². The quantitative estimate of drug-likeness (QED) is 0.872. The fourth-order valence-electron chi connectivity index (χ4n) is 2.54. The zero-order valence-corrected chi connectivity index (χ0v) is 12.6. The molecule has 0 unspecified atom stereocenters. The normalized spacial score (nSPS) is 16.3. The van der Waals surface area contributed by atoms with E-state index < -0.39 is 0 Å². The summed E-state index contributed by atoms with van der Waals surface area (Å²) in [6.07, 6.45) is 2.99. The van der Waals surface area contributed by atoms with Crippen LogP contribution >= 0.6 is 11.3 Å². The Kier molecular flexibility index (Phi) is 3.87. The van der Waals surface area contributed by atoms with Gasteiger partial charge in [0, 0.05) is 25.6 Å². The highest BCUT2D eigenvalue weighted by atomic mass is 32.1. The third kappa shape index (κ3) is 2.76. The molecule has 1 aliphatic rings. The van der Waals surface area contributed by atoms with Crippen LogP contribution < -0.4 is 15.8 Å². The predicted molar refractivity (Wildman–Crippen MR) is 81.7 cm³/mol. The molecule has 0 bridgehead atoms. The number of fused-ring (bicyclic) bond motifs is 1. The lowest BCUT2D eigenvalue weighted by Gasteiger charge is -2.30. The lowest BCUT2D eigenvalue weighted by Crippen LogP contribution is -2.40. The summed E-state index contributed by atoms with van der Waals surface area (Å²) in [5.74, 6) is 0.219. The molecule has 7 nitrogen and oxygen atoms in total. The molecule has 0 saturated carbocycles. The van der Waals surface area contributed by atoms with Crippen molar-refractivity contribution in [2.24, 2.45) is 5.92 Å². The number of nitrogens with zero attached hydrogens (tertiary/aromatic N) is 3. The average Bonchev–Trinajstić information content (AvgIpc) is 2.93. The van der Waals surface area contributed by atoms with Crippen molar-refractivity contribution in [1.82, 2.24) is 20.3 Å². The molecule has 1 fully saturated rings. The van der Waals surface area contributed by atoms with E-state index in [9.17, 15) is 9.59 Å². The van der Waals surface area contributed by atoms with Crippen LogP contribution in [-0.2, 0) is 4.79 Å². The van der Waals surface area contributed by atoms with Gasteiger partial charge in [0.25, 0.3) is 5.56 Å². The van der Waals surface area contributed by atoms with Gasteiger partial charge in [0.05, 0.1) is 6.33 Å². The van der Waals surface area contributed by atoms with Gasteiger partial charge >= 0.3 is 0 Å². The van der Waals surface area contributed by atoms with E-state index in [1.54, 1.807) is 0 Å². The molecule has 1 saturated heterocycles. The highest BCUT2D eigenvalue weighted by Crippen LogP contribution is 2.28. The molecule has 3 heterocycles. The summed E-state index contributed by atoms with van der Waals surface area (Å²) < 4.78 is 0.554. The number of aromatic nitrogens is 3. The van der Waals surface area contributed by atoms with Crippen LogP contribution in [0.15, 0.2) is 11.1 Å². The molecule has 1 aliphatic heterocycles. The van der Waals surface area contributed by atoms with Crippen LogP contribution in [0.1, 0.15) is 19.8 Å². The van der Waals surface area contributed by atoms with Gasteiger partial charge in [0.15, 0.2) is 10.8 Å². The molecule has 8 heteroatoms. The summed E-state index contributed by atoms with van der Waals surface area (Å²) >= 11 is 1.36. The Hall–Kier alpha value is -1.96. The molecule has 0 radical (unpaired) electrons. The number of rotatable bonds is 3. The van der Waals surface area contributed by atoms with Crippen molar-refractivity contribution in [3.05, 3.63) is 16.7 Å². The third-order valence-corrected chi connectivity index (χ3v) is 4.78. The molecule has 2 N–H and O–H groups in total. The molecule has 112 valence electrons. The molecule has 0 aromatic carbocycles. The first kappa shape index (κ1) is 14.0. The first-order valence-electron chi connectivity index (χ1n) is 7.06. The summed E-state index contributed by atoms with van der Waals surface area (Å²) in [4.78, 5) is 36.7. The van der Waals surface area contributed by atoms with E-state index in [1.807, 2.05) is 6.92 Å². The second-order valence-corrected chi connectivity index (χ2v) is 6.01. The molecular formula is C13H17N5O2S. The molecule has 2 aromatic heterocycles. The first-order chi connectivity index (χ1) is 10.2. The number of hydrogen-bond donors (Lipinski definition) is 2. The van der Waals surface area contributed by atoms with Crippen LogP contribution in [0, 0.1) is 5.92 Å². The minimum absolute atomic E-state index is 0.0807. The van der Waals surface area contributed by atoms with E-state index in [-0.39, 0.29) is 17.4 Å². The van der Waals surface area contributed by atoms with E-state index in [0.717, 1.165) is 31.1 Å². The van der Waals surface area contributed by atoms with Crippen molar-refractivity contribution in [2.45, 2.75) is 19.8 Å². The SMILES string of the molecule is CCNC(=O)C1CCN(c2nc3nc[nH]c(=O)c3s2)CC1. The maximum atomic E-state index is 11.8. The molecule has 0 spiro atoms. The molecule has 21 heavy (non-hydrogen) atoms. The van der Waals surface area contributed by atoms with E-state index in [1.165, 1.54) is 17.7 Å². The molecule has 1 amide bonds. The molecular weight excluding hydrogens is 290 g/mol. The number of piperidine rings is 1. The summed E-state index contributed by atoms with van der Waals surface area (Å²) in [5.41, 5.74) is 0.338. The molecule has 3 rings (SSSR count). The Morgan fingerprint density at radius 3 is 2.95 bits per heavy atom. The van der Waals surface area contributed by atoms with Crippen LogP contribution in [0.2, 0.25) is 0 Å². The Morgan fingerprint density at radius 2 is 2.29 bits per heavy atom. The Balaban J connectivity index is 1.72. The molecule has 0 atom stereocenters. The van der Waals surface area contributed by atoms with E-state index in [4.69, 9.17) is 0 Å². The Morgan fingerprint density at radius 1 is 1.52 bits per heavy atom. The van der Waals surface area contributed by atoms with Gasteiger partial charge in [-0.2, -0.15) is 4.98 Å². The number of carbonyl (C=O) groups excluding carboxylic acids is 1. The van der Waals surface area contributed by atoms with Gasteiger partial charge in [-0.25, -0.2) is 4.98 Å². The summed E-state index contributed by atoms with van der Waals surface area (Å²) in [6, 6.07) is 0. The smallest absolute Gasteiger partial charge is 0.270 e. The van der Waals surface area contributed by atoms with Crippen molar-refractivity contribution >= 4 is 32.7 Å². The Labute approximate surface area is 125 Å². The standard InChI is InChI=1S/C13H17N5O2S/c1-2-14-11(19)8-3-5-18(6-4-8)13-17-10-9(21-13)12(20)16-7-15-10/h7-8H,2-6H2,1H3,(H,14,19)(H,15,16,20). The van der Waals surface area contributed by atoms with Crippen LogP contribution in [0.5, 0.6) is 0 Å². The average molecular weight is 307 g/mol. The predicted octanol–water partition coefficient (Wildman–Crippen LogP) is 0.732. The Bertz CT molecular complexity index is 702. The van der Waals surface area contributed by atoms with Crippen molar-refractivity contribution in [2.75, 3.05) is 24.5 Å². The summed E-state index contributed by atoms with van der Waals surface area (Å²) in [6.45, 7) is 4.16. The maximum absolute atomic E-state index is 11.8. The van der Waals surface area contributed by atoms with Crippen LogP contribution in [-0.4, -0.2) is 40.5 Å². The zero-order chi connectivity index (χ0) is 14.8. The number of thiazole rings is 1. The minimum Gasteiger partial charge on any atom is -0.356 e. The minimum atomic E-state index is -0.152. The highest BCUT2D eigenvalue weighted by Gasteiger charge is 2.26. The number of carbonyl (C=O) groups is 1. The molecule has 2 aromatic rings. The van der Waals surface area contributed by atoms with Gasteiger partial charge in [-0.15, -0.1) is 0 Å². The fourth-order valence-corrected chi connectivity index (χ4v) is 3.51. The highest BCUT2D eigenvalue weighted by molar-refractivity contribution is 7.22. The van der Waals surface area contributed by atoms with E-state index >= 15 is 0 Å². The number of hydrogen-bond acceptors (Lipinski definition) is 6. The lowest BCUT2D eigenvalue weighted by molar-refractivity contribution is -0.125. The van der Waals surface area contributed by atoms with Gasteiger partial charge < -0.3 is 15.2 Å². The monoisotopic (exact) mass is 307 g/mol. The van der Waals surface area contributed by atoms with Crippen molar-refractivity contribution in [1.29, 1.82) is 0 Å². The van der Waals surface area contributed by atoms with Crippen LogP contribution in [0.3, 0.4) is 0 Å². The largest absolute Gasteiger partial charge is 0.356 e. The topological polar surface area (TPSA) is 91.0 Å². The number of nitrogens with one attached hydrogen (secondary N) is 2. The first-order valence-corrected chi connectivity index (χ1v) is 7.87. The number of amides is 1. The zero-order valence-electron chi connectivity index (χ0n) is 11.8. The second kappa shape index (κ2) is 5.80. The fraction of sp³-hybridized carbons (Fsp3) is 0.538.